The zero-order chi connectivity index (χ0) is 8.97. The monoisotopic (exact) mass is 170 g/mol. The first-order chi connectivity index (χ1) is 5.76. The third-order valence-corrected chi connectivity index (χ3v) is 3.15. The standard InChI is InChI=1S/C11H22O/c1-3-5-10-6-9(4-2)7-11(12)8-10/h9-12H,3-8H2,1-2H3. The predicted molar refractivity (Wildman–Crippen MR) is 52.0 cm³/mol. The van der Waals surface area contributed by atoms with E-state index in [4.69, 9.17) is 0 Å². The van der Waals surface area contributed by atoms with E-state index in [9.17, 15) is 5.11 Å². The molecule has 0 aliphatic heterocycles. The lowest BCUT2D eigenvalue weighted by molar-refractivity contribution is 0.0656. The number of hydrogen-bond acceptors (Lipinski definition) is 1. The molecule has 0 spiro atoms. The molecule has 1 N–H and O–H groups in total. The van der Waals surface area contributed by atoms with Crippen LogP contribution in [0.3, 0.4) is 0 Å². The van der Waals surface area contributed by atoms with E-state index in [0.29, 0.717) is 0 Å². The summed E-state index contributed by atoms with van der Waals surface area (Å²) in [5.41, 5.74) is 0. The van der Waals surface area contributed by atoms with Crippen LogP contribution in [0.2, 0.25) is 0 Å². The first-order valence-electron chi connectivity index (χ1n) is 5.44. The van der Waals surface area contributed by atoms with Gasteiger partial charge in [-0.1, -0.05) is 33.1 Å². The predicted octanol–water partition coefficient (Wildman–Crippen LogP) is 2.97. The van der Waals surface area contributed by atoms with Gasteiger partial charge in [-0.05, 0) is 31.1 Å². The minimum Gasteiger partial charge on any atom is -0.393 e. The van der Waals surface area contributed by atoms with Crippen LogP contribution in [0.25, 0.3) is 0 Å². The molecule has 1 saturated carbocycles. The third-order valence-electron chi connectivity index (χ3n) is 3.15. The van der Waals surface area contributed by atoms with Gasteiger partial charge in [-0.2, -0.15) is 0 Å². The Morgan fingerprint density at radius 3 is 2.33 bits per heavy atom. The first kappa shape index (κ1) is 10.0. The first-order valence-corrected chi connectivity index (χ1v) is 5.44. The van der Waals surface area contributed by atoms with Crippen molar-refractivity contribution in [1.29, 1.82) is 0 Å². The van der Waals surface area contributed by atoms with Crippen LogP contribution in [0.1, 0.15) is 52.4 Å². The number of aliphatic hydroxyl groups is 1. The van der Waals surface area contributed by atoms with Gasteiger partial charge >= 0.3 is 0 Å². The summed E-state index contributed by atoms with van der Waals surface area (Å²) >= 11 is 0. The largest absolute Gasteiger partial charge is 0.393 e. The SMILES string of the molecule is CCCC1CC(O)CC(CC)C1. The highest BCUT2D eigenvalue weighted by atomic mass is 16.3. The molecule has 1 fully saturated rings. The summed E-state index contributed by atoms with van der Waals surface area (Å²) in [6.45, 7) is 4.48. The van der Waals surface area contributed by atoms with Crippen LogP contribution < -0.4 is 0 Å². The number of rotatable bonds is 3. The molecule has 3 atom stereocenters. The molecule has 12 heavy (non-hydrogen) atoms. The van der Waals surface area contributed by atoms with Gasteiger partial charge in [-0.15, -0.1) is 0 Å². The van der Waals surface area contributed by atoms with E-state index in [-0.39, 0.29) is 6.10 Å². The fraction of sp³-hybridized carbons (Fsp3) is 1.00. The van der Waals surface area contributed by atoms with Gasteiger partial charge in [0, 0.05) is 0 Å². The summed E-state index contributed by atoms with van der Waals surface area (Å²) in [4.78, 5) is 0. The maximum absolute atomic E-state index is 9.61. The Balaban J connectivity index is 2.34. The van der Waals surface area contributed by atoms with Crippen molar-refractivity contribution in [2.45, 2.75) is 58.5 Å². The Morgan fingerprint density at radius 2 is 1.75 bits per heavy atom. The van der Waals surface area contributed by atoms with Crippen molar-refractivity contribution in [1.82, 2.24) is 0 Å². The average Bonchev–Trinajstić information content (AvgIpc) is 2.04. The molecule has 0 radical (unpaired) electrons. The molecule has 0 aromatic heterocycles. The Labute approximate surface area is 76.2 Å². The lowest BCUT2D eigenvalue weighted by atomic mass is 9.77. The van der Waals surface area contributed by atoms with Crippen LogP contribution >= 0.6 is 0 Å². The molecule has 0 bridgehead atoms. The minimum absolute atomic E-state index is 0.000231. The van der Waals surface area contributed by atoms with Crippen molar-refractivity contribution >= 4 is 0 Å². The van der Waals surface area contributed by atoms with E-state index in [2.05, 4.69) is 13.8 Å². The van der Waals surface area contributed by atoms with Crippen molar-refractivity contribution in [2.75, 3.05) is 0 Å². The number of hydrogen-bond donors (Lipinski definition) is 1. The van der Waals surface area contributed by atoms with Gasteiger partial charge in [0.2, 0.25) is 0 Å². The molecule has 0 heterocycles. The second-order valence-electron chi connectivity index (χ2n) is 4.29. The van der Waals surface area contributed by atoms with Crippen LogP contribution in [0.5, 0.6) is 0 Å². The molecular weight excluding hydrogens is 148 g/mol. The van der Waals surface area contributed by atoms with Gasteiger partial charge in [0.1, 0.15) is 0 Å². The number of aliphatic hydroxyl groups excluding tert-OH is 1. The average molecular weight is 170 g/mol. The molecule has 0 aromatic rings. The molecule has 0 aromatic carbocycles. The van der Waals surface area contributed by atoms with Gasteiger partial charge in [0.15, 0.2) is 0 Å². The van der Waals surface area contributed by atoms with Crippen LogP contribution in [0.4, 0.5) is 0 Å². The summed E-state index contributed by atoms with van der Waals surface area (Å²) in [5, 5.41) is 9.61. The Bertz CT molecular complexity index is 122. The highest BCUT2D eigenvalue weighted by Gasteiger charge is 2.25. The molecule has 3 unspecified atom stereocenters. The summed E-state index contributed by atoms with van der Waals surface area (Å²) in [7, 11) is 0. The Morgan fingerprint density at radius 1 is 1.08 bits per heavy atom. The summed E-state index contributed by atoms with van der Waals surface area (Å²) in [6.07, 6.45) is 7.31. The molecule has 1 rings (SSSR count). The van der Waals surface area contributed by atoms with Gasteiger partial charge in [0.25, 0.3) is 0 Å². The molecule has 1 aliphatic carbocycles. The maximum atomic E-state index is 9.61. The van der Waals surface area contributed by atoms with E-state index >= 15 is 0 Å². The molecule has 1 aliphatic rings. The van der Waals surface area contributed by atoms with Gasteiger partial charge in [-0.3, -0.25) is 0 Å². The quantitative estimate of drug-likeness (QED) is 0.690. The second-order valence-corrected chi connectivity index (χ2v) is 4.29. The highest BCUT2D eigenvalue weighted by Crippen LogP contribution is 2.33. The van der Waals surface area contributed by atoms with Crippen LogP contribution in [-0.4, -0.2) is 11.2 Å². The Kier molecular flexibility index (Phi) is 4.07. The van der Waals surface area contributed by atoms with Crippen molar-refractivity contribution < 1.29 is 5.11 Å². The lowest BCUT2D eigenvalue weighted by Gasteiger charge is -2.31. The van der Waals surface area contributed by atoms with E-state index in [1.165, 1.54) is 25.7 Å². The molecular formula is C11H22O. The van der Waals surface area contributed by atoms with E-state index in [1.54, 1.807) is 0 Å². The normalized spacial score (nSPS) is 36.8. The van der Waals surface area contributed by atoms with E-state index in [0.717, 1.165) is 24.7 Å². The van der Waals surface area contributed by atoms with Gasteiger partial charge in [0.05, 0.1) is 6.10 Å². The summed E-state index contributed by atoms with van der Waals surface area (Å²) < 4.78 is 0. The maximum Gasteiger partial charge on any atom is 0.0545 e. The molecule has 1 nitrogen and oxygen atoms in total. The van der Waals surface area contributed by atoms with Crippen molar-refractivity contribution in [3.8, 4) is 0 Å². The third kappa shape index (κ3) is 2.78. The smallest absolute Gasteiger partial charge is 0.0545 e. The molecule has 72 valence electrons. The lowest BCUT2D eigenvalue weighted by Crippen LogP contribution is -2.25. The molecule has 1 heteroatoms. The van der Waals surface area contributed by atoms with E-state index in [1.807, 2.05) is 0 Å². The molecule has 0 saturated heterocycles. The highest BCUT2D eigenvalue weighted by molar-refractivity contribution is 4.77. The summed E-state index contributed by atoms with van der Waals surface area (Å²) in [6, 6.07) is 0. The minimum atomic E-state index is 0.000231. The van der Waals surface area contributed by atoms with Crippen molar-refractivity contribution in [3.05, 3.63) is 0 Å². The van der Waals surface area contributed by atoms with Gasteiger partial charge in [-0.25, -0.2) is 0 Å². The fourth-order valence-electron chi connectivity index (χ4n) is 2.51. The Hall–Kier alpha value is -0.0400. The fourth-order valence-corrected chi connectivity index (χ4v) is 2.51. The van der Waals surface area contributed by atoms with Crippen LogP contribution in [0, 0.1) is 11.8 Å². The van der Waals surface area contributed by atoms with Crippen LogP contribution in [-0.2, 0) is 0 Å². The van der Waals surface area contributed by atoms with Crippen LogP contribution in [0.15, 0.2) is 0 Å². The van der Waals surface area contributed by atoms with Crippen molar-refractivity contribution in [2.24, 2.45) is 11.8 Å². The zero-order valence-electron chi connectivity index (χ0n) is 8.42. The van der Waals surface area contributed by atoms with E-state index < -0.39 is 0 Å². The molecule has 0 amide bonds. The van der Waals surface area contributed by atoms with Crippen molar-refractivity contribution in [3.63, 3.8) is 0 Å². The zero-order valence-corrected chi connectivity index (χ0v) is 8.42. The van der Waals surface area contributed by atoms with Gasteiger partial charge < -0.3 is 5.11 Å². The topological polar surface area (TPSA) is 20.2 Å². The summed E-state index contributed by atoms with van der Waals surface area (Å²) in [5.74, 6) is 1.61. The second kappa shape index (κ2) is 4.86.